The molecule has 60 valence electrons. The van der Waals surface area contributed by atoms with E-state index in [1.54, 1.807) is 0 Å². The predicted molar refractivity (Wildman–Crippen MR) is 42.7 cm³/mol. The van der Waals surface area contributed by atoms with Gasteiger partial charge in [-0.1, -0.05) is 6.92 Å². The lowest BCUT2D eigenvalue weighted by molar-refractivity contribution is 0.283. The zero-order valence-corrected chi connectivity index (χ0v) is 6.64. The van der Waals surface area contributed by atoms with Gasteiger partial charge < -0.3 is 16.0 Å². The van der Waals surface area contributed by atoms with Gasteiger partial charge in [0.05, 0.1) is 6.17 Å². The Morgan fingerprint density at radius 1 is 1.70 bits per heavy atom. The first kappa shape index (κ1) is 7.98. The molecule has 1 aliphatic heterocycles. The molecule has 0 saturated carbocycles. The SMILES string of the molecule is CCN1CCCNC(N)C1. The normalized spacial score (nSPS) is 30.0. The van der Waals surface area contributed by atoms with Gasteiger partial charge in [-0.25, -0.2) is 0 Å². The molecule has 0 aromatic rings. The van der Waals surface area contributed by atoms with Crippen molar-refractivity contribution in [3.8, 4) is 0 Å². The van der Waals surface area contributed by atoms with Gasteiger partial charge in [-0.05, 0) is 26.1 Å². The van der Waals surface area contributed by atoms with Gasteiger partial charge in [-0.15, -0.1) is 0 Å². The van der Waals surface area contributed by atoms with Crippen LogP contribution in [-0.4, -0.2) is 37.2 Å². The van der Waals surface area contributed by atoms with Crippen LogP contribution in [0.15, 0.2) is 0 Å². The first-order chi connectivity index (χ1) is 4.83. The van der Waals surface area contributed by atoms with E-state index in [-0.39, 0.29) is 6.17 Å². The minimum atomic E-state index is 0.183. The largest absolute Gasteiger partial charge is 0.315 e. The molecule has 1 fully saturated rings. The molecule has 1 heterocycles. The highest BCUT2D eigenvalue weighted by Crippen LogP contribution is 1.95. The van der Waals surface area contributed by atoms with Crippen molar-refractivity contribution in [1.29, 1.82) is 0 Å². The molecular formula is C7H17N3. The Bertz CT molecular complexity index is 94.9. The second-order valence-electron chi connectivity index (χ2n) is 2.81. The molecule has 1 atom stereocenters. The van der Waals surface area contributed by atoms with E-state index in [0.717, 1.165) is 19.6 Å². The Kier molecular flexibility index (Phi) is 3.12. The molecular weight excluding hydrogens is 126 g/mol. The summed E-state index contributed by atoms with van der Waals surface area (Å²) in [7, 11) is 0. The first-order valence-corrected chi connectivity index (χ1v) is 4.04. The third kappa shape index (κ3) is 2.25. The fourth-order valence-electron chi connectivity index (χ4n) is 1.31. The summed E-state index contributed by atoms with van der Waals surface area (Å²) >= 11 is 0. The molecule has 0 spiro atoms. The number of rotatable bonds is 1. The predicted octanol–water partition coefficient (Wildman–Crippen LogP) is -0.414. The van der Waals surface area contributed by atoms with Gasteiger partial charge in [0, 0.05) is 6.54 Å². The van der Waals surface area contributed by atoms with E-state index in [1.165, 1.54) is 13.0 Å². The minimum Gasteiger partial charge on any atom is -0.315 e. The number of nitrogens with one attached hydrogen (secondary N) is 1. The molecule has 0 bridgehead atoms. The number of nitrogens with zero attached hydrogens (tertiary/aromatic N) is 1. The Balaban J connectivity index is 2.30. The van der Waals surface area contributed by atoms with Crippen LogP contribution in [0.5, 0.6) is 0 Å². The molecule has 0 radical (unpaired) electrons. The zero-order chi connectivity index (χ0) is 7.40. The number of nitrogens with two attached hydrogens (primary N) is 1. The van der Waals surface area contributed by atoms with Crippen molar-refractivity contribution in [2.75, 3.05) is 26.2 Å². The van der Waals surface area contributed by atoms with Gasteiger partial charge in [0.25, 0.3) is 0 Å². The maximum atomic E-state index is 5.75. The lowest BCUT2D eigenvalue weighted by Gasteiger charge is -2.19. The van der Waals surface area contributed by atoms with Crippen LogP contribution >= 0.6 is 0 Å². The van der Waals surface area contributed by atoms with Crippen molar-refractivity contribution >= 4 is 0 Å². The number of hydrogen-bond donors (Lipinski definition) is 2. The van der Waals surface area contributed by atoms with Gasteiger partial charge in [-0.2, -0.15) is 0 Å². The summed E-state index contributed by atoms with van der Waals surface area (Å²) in [4.78, 5) is 2.38. The molecule has 0 aliphatic carbocycles. The van der Waals surface area contributed by atoms with Crippen molar-refractivity contribution < 1.29 is 0 Å². The van der Waals surface area contributed by atoms with Gasteiger partial charge >= 0.3 is 0 Å². The summed E-state index contributed by atoms with van der Waals surface area (Å²) in [5, 5.41) is 3.24. The van der Waals surface area contributed by atoms with Gasteiger partial charge in [0.15, 0.2) is 0 Å². The quantitative estimate of drug-likeness (QED) is 0.524. The van der Waals surface area contributed by atoms with Crippen molar-refractivity contribution in [2.45, 2.75) is 19.5 Å². The molecule has 1 saturated heterocycles. The maximum absolute atomic E-state index is 5.75. The molecule has 10 heavy (non-hydrogen) atoms. The lowest BCUT2D eigenvalue weighted by Crippen LogP contribution is -2.44. The van der Waals surface area contributed by atoms with Crippen molar-refractivity contribution in [3.05, 3.63) is 0 Å². The molecule has 1 aliphatic rings. The monoisotopic (exact) mass is 143 g/mol. The summed E-state index contributed by atoms with van der Waals surface area (Å²) in [5.74, 6) is 0. The molecule has 3 heteroatoms. The minimum absolute atomic E-state index is 0.183. The van der Waals surface area contributed by atoms with Gasteiger partial charge in [-0.3, -0.25) is 0 Å². The van der Waals surface area contributed by atoms with Crippen LogP contribution in [0.25, 0.3) is 0 Å². The summed E-state index contributed by atoms with van der Waals surface area (Å²) in [5.41, 5.74) is 5.75. The topological polar surface area (TPSA) is 41.3 Å². The second-order valence-corrected chi connectivity index (χ2v) is 2.81. The fourth-order valence-corrected chi connectivity index (χ4v) is 1.31. The van der Waals surface area contributed by atoms with Crippen LogP contribution in [0.4, 0.5) is 0 Å². The number of likely N-dealkylation sites (N-methyl/N-ethyl adjacent to an activating group) is 1. The first-order valence-electron chi connectivity index (χ1n) is 4.04. The summed E-state index contributed by atoms with van der Waals surface area (Å²) in [6, 6.07) is 0. The van der Waals surface area contributed by atoms with Crippen molar-refractivity contribution in [3.63, 3.8) is 0 Å². The third-order valence-electron chi connectivity index (χ3n) is 1.96. The van der Waals surface area contributed by atoms with E-state index in [2.05, 4.69) is 17.1 Å². The molecule has 0 aromatic heterocycles. The highest BCUT2D eigenvalue weighted by atomic mass is 15.2. The highest BCUT2D eigenvalue weighted by Gasteiger charge is 2.11. The molecule has 0 aromatic carbocycles. The van der Waals surface area contributed by atoms with Gasteiger partial charge in [0.2, 0.25) is 0 Å². The molecule has 1 rings (SSSR count). The summed E-state index contributed by atoms with van der Waals surface area (Å²) < 4.78 is 0. The van der Waals surface area contributed by atoms with Crippen LogP contribution in [0, 0.1) is 0 Å². The van der Waals surface area contributed by atoms with E-state index in [0.29, 0.717) is 0 Å². The van der Waals surface area contributed by atoms with Crippen molar-refractivity contribution in [2.24, 2.45) is 5.73 Å². The second kappa shape index (κ2) is 3.91. The summed E-state index contributed by atoms with van der Waals surface area (Å²) in [6.07, 6.45) is 1.41. The van der Waals surface area contributed by atoms with E-state index in [9.17, 15) is 0 Å². The Labute approximate surface area is 62.6 Å². The Morgan fingerprint density at radius 2 is 2.50 bits per heavy atom. The summed E-state index contributed by atoms with van der Waals surface area (Å²) in [6.45, 7) is 6.55. The van der Waals surface area contributed by atoms with E-state index < -0.39 is 0 Å². The van der Waals surface area contributed by atoms with E-state index >= 15 is 0 Å². The number of hydrogen-bond acceptors (Lipinski definition) is 3. The molecule has 0 amide bonds. The third-order valence-corrected chi connectivity index (χ3v) is 1.96. The maximum Gasteiger partial charge on any atom is 0.0677 e. The van der Waals surface area contributed by atoms with Crippen molar-refractivity contribution in [1.82, 2.24) is 10.2 Å². The van der Waals surface area contributed by atoms with E-state index in [1.807, 2.05) is 0 Å². The fraction of sp³-hybridized carbons (Fsp3) is 1.00. The van der Waals surface area contributed by atoms with Gasteiger partial charge in [0.1, 0.15) is 0 Å². The molecule has 1 unspecified atom stereocenters. The van der Waals surface area contributed by atoms with Crippen LogP contribution in [-0.2, 0) is 0 Å². The Morgan fingerprint density at radius 3 is 3.20 bits per heavy atom. The average molecular weight is 143 g/mol. The smallest absolute Gasteiger partial charge is 0.0677 e. The highest BCUT2D eigenvalue weighted by molar-refractivity contribution is 4.70. The molecule has 3 nitrogen and oxygen atoms in total. The average Bonchev–Trinajstić information content (AvgIpc) is 2.13. The van der Waals surface area contributed by atoms with Crippen LogP contribution in [0.1, 0.15) is 13.3 Å². The van der Waals surface area contributed by atoms with Crippen LogP contribution in [0.2, 0.25) is 0 Å². The molecule has 3 N–H and O–H groups in total. The van der Waals surface area contributed by atoms with Crippen LogP contribution < -0.4 is 11.1 Å². The standard InChI is InChI=1S/C7H17N3/c1-2-10-5-3-4-9-7(8)6-10/h7,9H,2-6,8H2,1H3. The van der Waals surface area contributed by atoms with E-state index in [4.69, 9.17) is 5.73 Å². The Hall–Kier alpha value is -0.120. The lowest BCUT2D eigenvalue weighted by atomic mass is 10.4. The van der Waals surface area contributed by atoms with Crippen LogP contribution in [0.3, 0.4) is 0 Å². The zero-order valence-electron chi connectivity index (χ0n) is 6.64.